The van der Waals surface area contributed by atoms with Crippen molar-refractivity contribution in [2.24, 2.45) is 0 Å². The maximum absolute atomic E-state index is 3.51. The number of aromatic nitrogens is 1. The summed E-state index contributed by atoms with van der Waals surface area (Å²) in [6.07, 6.45) is 3.20. The largest absolute Gasteiger partial charge is 0.361 e. The fourth-order valence-electron chi connectivity index (χ4n) is 2.23. The zero-order valence-corrected chi connectivity index (χ0v) is 12.2. The SMILES string of the molecule is CCC(C)N(C)CCNCc1ccc2cc[nH]c2c1. The summed E-state index contributed by atoms with van der Waals surface area (Å²) in [4.78, 5) is 5.66. The van der Waals surface area contributed by atoms with Crippen molar-refractivity contribution in [3.05, 3.63) is 36.0 Å². The highest BCUT2D eigenvalue weighted by molar-refractivity contribution is 5.79. The molecule has 0 radical (unpaired) electrons. The van der Waals surface area contributed by atoms with Crippen LogP contribution in [0.15, 0.2) is 30.5 Å². The zero-order valence-electron chi connectivity index (χ0n) is 12.2. The van der Waals surface area contributed by atoms with Gasteiger partial charge in [0.15, 0.2) is 0 Å². The molecule has 0 spiro atoms. The maximum atomic E-state index is 3.51. The lowest BCUT2D eigenvalue weighted by Gasteiger charge is -2.23. The van der Waals surface area contributed by atoms with Crippen LogP contribution in [0.3, 0.4) is 0 Å². The molecule has 104 valence electrons. The molecule has 0 bridgehead atoms. The summed E-state index contributed by atoms with van der Waals surface area (Å²) in [6.45, 7) is 7.58. The van der Waals surface area contributed by atoms with Gasteiger partial charge in [-0.15, -0.1) is 0 Å². The van der Waals surface area contributed by atoms with Gasteiger partial charge >= 0.3 is 0 Å². The Hall–Kier alpha value is -1.32. The van der Waals surface area contributed by atoms with Gasteiger partial charge in [0.1, 0.15) is 0 Å². The van der Waals surface area contributed by atoms with E-state index in [9.17, 15) is 0 Å². The average Bonchev–Trinajstić information content (AvgIpc) is 2.89. The Morgan fingerprint density at radius 3 is 2.95 bits per heavy atom. The second-order valence-electron chi connectivity index (χ2n) is 5.31. The first-order valence-corrected chi connectivity index (χ1v) is 7.17. The summed E-state index contributed by atoms with van der Waals surface area (Å²) < 4.78 is 0. The third-order valence-electron chi connectivity index (χ3n) is 3.93. The van der Waals surface area contributed by atoms with Crippen LogP contribution in [0.25, 0.3) is 10.9 Å². The molecular weight excluding hydrogens is 234 g/mol. The molecular formula is C16H25N3. The summed E-state index contributed by atoms with van der Waals surface area (Å²) in [5.74, 6) is 0. The van der Waals surface area contributed by atoms with Crippen LogP contribution in [0.1, 0.15) is 25.8 Å². The van der Waals surface area contributed by atoms with E-state index < -0.39 is 0 Å². The Morgan fingerprint density at radius 1 is 1.32 bits per heavy atom. The third-order valence-corrected chi connectivity index (χ3v) is 3.93. The Morgan fingerprint density at radius 2 is 2.16 bits per heavy atom. The lowest BCUT2D eigenvalue weighted by atomic mass is 10.1. The van der Waals surface area contributed by atoms with E-state index in [0.29, 0.717) is 6.04 Å². The number of aromatic amines is 1. The minimum Gasteiger partial charge on any atom is -0.361 e. The van der Waals surface area contributed by atoms with Gasteiger partial charge in [0, 0.05) is 37.4 Å². The van der Waals surface area contributed by atoms with Crippen LogP contribution < -0.4 is 5.32 Å². The van der Waals surface area contributed by atoms with Crippen LogP contribution >= 0.6 is 0 Å². The quantitative estimate of drug-likeness (QED) is 0.749. The number of hydrogen-bond donors (Lipinski definition) is 2. The summed E-state index contributed by atoms with van der Waals surface area (Å²) in [7, 11) is 2.20. The Balaban J connectivity index is 1.76. The van der Waals surface area contributed by atoms with E-state index in [4.69, 9.17) is 0 Å². The van der Waals surface area contributed by atoms with Crippen molar-refractivity contribution in [2.45, 2.75) is 32.9 Å². The normalized spacial score (nSPS) is 13.3. The number of hydrogen-bond acceptors (Lipinski definition) is 2. The Kier molecular flexibility index (Phi) is 5.00. The molecule has 3 heteroatoms. The Bertz CT molecular complexity index is 503. The topological polar surface area (TPSA) is 31.1 Å². The van der Waals surface area contributed by atoms with Crippen molar-refractivity contribution in [1.82, 2.24) is 15.2 Å². The number of rotatable bonds is 7. The first kappa shape index (κ1) is 14.1. The summed E-state index contributed by atoms with van der Waals surface area (Å²) in [5, 5.41) is 4.79. The molecule has 1 atom stereocenters. The minimum absolute atomic E-state index is 0.664. The van der Waals surface area contributed by atoms with E-state index in [1.54, 1.807) is 0 Å². The molecule has 0 saturated heterocycles. The van der Waals surface area contributed by atoms with Crippen molar-refractivity contribution >= 4 is 10.9 Å². The monoisotopic (exact) mass is 259 g/mol. The van der Waals surface area contributed by atoms with E-state index >= 15 is 0 Å². The molecule has 0 saturated carbocycles. The fraction of sp³-hybridized carbons (Fsp3) is 0.500. The Labute approximate surface area is 116 Å². The number of H-pyrrole nitrogens is 1. The van der Waals surface area contributed by atoms with Gasteiger partial charge in [-0.05, 0) is 43.5 Å². The fourth-order valence-corrected chi connectivity index (χ4v) is 2.23. The minimum atomic E-state index is 0.664. The van der Waals surface area contributed by atoms with Gasteiger partial charge in [-0.1, -0.05) is 19.1 Å². The molecule has 2 N–H and O–H groups in total. The molecule has 1 heterocycles. The molecule has 19 heavy (non-hydrogen) atoms. The van der Waals surface area contributed by atoms with E-state index in [1.165, 1.54) is 22.9 Å². The number of nitrogens with one attached hydrogen (secondary N) is 2. The predicted molar refractivity (Wildman–Crippen MR) is 82.4 cm³/mol. The second-order valence-corrected chi connectivity index (χ2v) is 5.31. The third kappa shape index (κ3) is 3.82. The van der Waals surface area contributed by atoms with Crippen molar-refractivity contribution in [2.75, 3.05) is 20.1 Å². The molecule has 1 aromatic carbocycles. The van der Waals surface area contributed by atoms with E-state index in [0.717, 1.165) is 19.6 Å². The van der Waals surface area contributed by atoms with Crippen molar-refractivity contribution in [3.63, 3.8) is 0 Å². The van der Waals surface area contributed by atoms with Gasteiger partial charge in [0.2, 0.25) is 0 Å². The summed E-state index contributed by atoms with van der Waals surface area (Å²) in [5.41, 5.74) is 2.55. The van der Waals surface area contributed by atoms with Crippen LogP contribution in [-0.4, -0.2) is 36.1 Å². The van der Waals surface area contributed by atoms with Gasteiger partial charge < -0.3 is 15.2 Å². The standard InChI is InChI=1S/C16H25N3/c1-4-13(2)19(3)10-9-17-12-14-5-6-15-7-8-18-16(15)11-14/h5-8,11,13,17-18H,4,9-10,12H2,1-3H3. The van der Waals surface area contributed by atoms with Crippen LogP contribution in [0, 0.1) is 0 Å². The molecule has 0 aliphatic carbocycles. The highest BCUT2D eigenvalue weighted by atomic mass is 15.1. The van der Waals surface area contributed by atoms with Gasteiger partial charge in [-0.25, -0.2) is 0 Å². The molecule has 2 aromatic rings. The highest BCUT2D eigenvalue weighted by Crippen LogP contribution is 2.13. The summed E-state index contributed by atoms with van der Waals surface area (Å²) in [6, 6.07) is 9.36. The smallest absolute Gasteiger partial charge is 0.0457 e. The zero-order chi connectivity index (χ0) is 13.7. The molecule has 2 rings (SSSR count). The van der Waals surface area contributed by atoms with Crippen LogP contribution in [0.2, 0.25) is 0 Å². The van der Waals surface area contributed by atoms with Crippen LogP contribution in [0.5, 0.6) is 0 Å². The number of nitrogens with zero attached hydrogens (tertiary/aromatic N) is 1. The molecule has 1 unspecified atom stereocenters. The van der Waals surface area contributed by atoms with Crippen molar-refractivity contribution < 1.29 is 0 Å². The first-order chi connectivity index (χ1) is 9.20. The lowest BCUT2D eigenvalue weighted by molar-refractivity contribution is 0.252. The maximum Gasteiger partial charge on any atom is 0.0457 e. The predicted octanol–water partition coefficient (Wildman–Crippen LogP) is 2.99. The number of fused-ring (bicyclic) bond motifs is 1. The second kappa shape index (κ2) is 6.73. The van der Waals surface area contributed by atoms with Gasteiger partial charge in [-0.3, -0.25) is 0 Å². The number of benzene rings is 1. The number of likely N-dealkylation sites (N-methyl/N-ethyl adjacent to an activating group) is 1. The van der Waals surface area contributed by atoms with Gasteiger partial charge in [0.25, 0.3) is 0 Å². The molecule has 0 fully saturated rings. The van der Waals surface area contributed by atoms with Gasteiger partial charge in [-0.2, -0.15) is 0 Å². The molecule has 0 amide bonds. The molecule has 1 aromatic heterocycles. The molecule has 0 aliphatic rings. The first-order valence-electron chi connectivity index (χ1n) is 7.17. The van der Waals surface area contributed by atoms with Crippen molar-refractivity contribution in [3.8, 4) is 0 Å². The lowest BCUT2D eigenvalue weighted by Crippen LogP contribution is -2.34. The molecule has 0 aliphatic heterocycles. The average molecular weight is 259 g/mol. The van der Waals surface area contributed by atoms with E-state index in [1.807, 2.05) is 6.20 Å². The highest BCUT2D eigenvalue weighted by Gasteiger charge is 2.05. The van der Waals surface area contributed by atoms with E-state index in [2.05, 4.69) is 60.4 Å². The van der Waals surface area contributed by atoms with E-state index in [-0.39, 0.29) is 0 Å². The summed E-state index contributed by atoms with van der Waals surface area (Å²) >= 11 is 0. The van der Waals surface area contributed by atoms with Crippen LogP contribution in [-0.2, 0) is 6.54 Å². The van der Waals surface area contributed by atoms with Crippen molar-refractivity contribution in [1.29, 1.82) is 0 Å². The molecule has 3 nitrogen and oxygen atoms in total. The van der Waals surface area contributed by atoms with Crippen LogP contribution in [0.4, 0.5) is 0 Å². The van der Waals surface area contributed by atoms with Gasteiger partial charge in [0.05, 0.1) is 0 Å².